The first-order valence-electron chi connectivity index (χ1n) is 19.4. The quantitative estimate of drug-likeness (QED) is 0.160. The van der Waals surface area contributed by atoms with Gasteiger partial charge in [-0.25, -0.2) is 15.0 Å². The molecule has 0 bridgehead atoms. The molecule has 0 amide bonds. The van der Waals surface area contributed by atoms with E-state index in [1.807, 2.05) is 36.4 Å². The normalized spacial score (nSPS) is 12.7. The predicted octanol–water partition coefficient (Wildman–Crippen LogP) is 13.2. The highest BCUT2D eigenvalue weighted by Gasteiger charge is 2.46. The van der Waals surface area contributed by atoms with Gasteiger partial charge in [-0.15, -0.1) is 0 Å². The zero-order chi connectivity index (χ0) is 37.8. The van der Waals surface area contributed by atoms with Gasteiger partial charge in [0.2, 0.25) is 0 Å². The number of hydrogen-bond acceptors (Lipinski definition) is 3. The minimum Gasteiger partial charge on any atom is -0.247 e. The van der Waals surface area contributed by atoms with Gasteiger partial charge in [-0.2, -0.15) is 0 Å². The van der Waals surface area contributed by atoms with E-state index in [-0.39, 0.29) is 0 Å². The number of benzene rings is 8. The molecule has 266 valence electrons. The SMILES string of the molecule is c1ccc(-c2cc(-c3ccc(-c4nc5ccccc5c5c6c(ccc45)C(c4ccccc4)(c4ccccc4)c4ccccc4-6)cc3)nc(-c3ccccc3)n2)cc1. The summed E-state index contributed by atoms with van der Waals surface area (Å²) in [5.74, 6) is 0.703. The molecular weight excluding hydrogens is 691 g/mol. The summed E-state index contributed by atoms with van der Waals surface area (Å²) in [7, 11) is 0. The Morgan fingerprint density at radius 1 is 0.351 bits per heavy atom. The molecule has 8 aromatic carbocycles. The van der Waals surface area contributed by atoms with E-state index >= 15 is 0 Å². The van der Waals surface area contributed by atoms with E-state index in [4.69, 9.17) is 15.0 Å². The first kappa shape index (κ1) is 32.9. The maximum absolute atomic E-state index is 5.39. The lowest BCUT2D eigenvalue weighted by atomic mass is 9.67. The number of hydrogen-bond donors (Lipinski definition) is 0. The highest BCUT2D eigenvalue weighted by Crippen LogP contribution is 2.58. The standard InChI is InChI=1S/C54H35N3/c1-5-17-36(18-6-1)48-35-49(57-53(56-48)39-19-7-2-8-20-39)37-29-31-38(32-30-37)52-44-33-34-46-51(50(44)43-26-14-16-28-47(43)55-52)42-25-13-15-27-45(42)54(46,40-21-9-3-10-22-40)41-23-11-4-12-24-41/h1-35H. The zero-order valence-electron chi connectivity index (χ0n) is 31.0. The van der Waals surface area contributed by atoms with Crippen molar-refractivity contribution in [2.24, 2.45) is 0 Å². The van der Waals surface area contributed by atoms with Crippen molar-refractivity contribution < 1.29 is 0 Å². The molecule has 11 rings (SSSR count). The third-order valence-electron chi connectivity index (χ3n) is 11.6. The van der Waals surface area contributed by atoms with Crippen LogP contribution < -0.4 is 0 Å². The molecule has 0 saturated carbocycles. The Morgan fingerprint density at radius 2 is 0.877 bits per heavy atom. The topological polar surface area (TPSA) is 38.7 Å². The van der Waals surface area contributed by atoms with E-state index in [1.165, 1.54) is 38.8 Å². The molecule has 57 heavy (non-hydrogen) atoms. The fourth-order valence-corrected chi connectivity index (χ4v) is 9.06. The summed E-state index contributed by atoms with van der Waals surface area (Å²) >= 11 is 0. The third kappa shape index (κ3) is 5.24. The van der Waals surface area contributed by atoms with Gasteiger partial charge >= 0.3 is 0 Å². The van der Waals surface area contributed by atoms with Crippen LogP contribution in [0.25, 0.3) is 78.0 Å². The molecule has 3 nitrogen and oxygen atoms in total. The van der Waals surface area contributed by atoms with Gasteiger partial charge in [0.25, 0.3) is 0 Å². The first-order valence-corrected chi connectivity index (χ1v) is 19.4. The van der Waals surface area contributed by atoms with E-state index in [0.29, 0.717) is 5.82 Å². The van der Waals surface area contributed by atoms with Crippen LogP contribution in [0.5, 0.6) is 0 Å². The van der Waals surface area contributed by atoms with Crippen LogP contribution in [0.2, 0.25) is 0 Å². The lowest BCUT2D eigenvalue weighted by molar-refractivity contribution is 0.769. The maximum Gasteiger partial charge on any atom is 0.160 e. The van der Waals surface area contributed by atoms with Crippen molar-refractivity contribution in [3.8, 4) is 56.3 Å². The molecule has 1 aliphatic carbocycles. The van der Waals surface area contributed by atoms with E-state index in [9.17, 15) is 0 Å². The molecule has 0 radical (unpaired) electrons. The molecule has 10 aromatic rings. The Balaban J connectivity index is 1.12. The Bertz CT molecular complexity index is 2990. The highest BCUT2D eigenvalue weighted by atomic mass is 14.9. The lowest BCUT2D eigenvalue weighted by Gasteiger charge is -2.34. The molecule has 0 spiro atoms. The van der Waals surface area contributed by atoms with Crippen LogP contribution in [0.4, 0.5) is 0 Å². The van der Waals surface area contributed by atoms with Gasteiger partial charge < -0.3 is 0 Å². The molecule has 0 fully saturated rings. The summed E-state index contributed by atoms with van der Waals surface area (Å²) in [6.07, 6.45) is 0. The third-order valence-corrected chi connectivity index (χ3v) is 11.6. The van der Waals surface area contributed by atoms with Crippen LogP contribution in [0.15, 0.2) is 212 Å². The minimum atomic E-state index is -0.483. The second-order valence-corrected chi connectivity index (χ2v) is 14.7. The Labute approximate surface area is 331 Å². The monoisotopic (exact) mass is 725 g/mol. The van der Waals surface area contributed by atoms with E-state index in [0.717, 1.165) is 55.6 Å². The van der Waals surface area contributed by atoms with Crippen LogP contribution in [0, 0.1) is 0 Å². The molecule has 3 heteroatoms. The first-order chi connectivity index (χ1) is 28.3. The van der Waals surface area contributed by atoms with Crippen molar-refractivity contribution in [2.45, 2.75) is 5.41 Å². The van der Waals surface area contributed by atoms with Crippen molar-refractivity contribution >= 4 is 21.7 Å². The number of fused-ring (bicyclic) bond motifs is 7. The minimum absolute atomic E-state index is 0.483. The Morgan fingerprint density at radius 3 is 1.54 bits per heavy atom. The second kappa shape index (κ2) is 13.4. The fourth-order valence-electron chi connectivity index (χ4n) is 9.06. The number of rotatable bonds is 6. The molecule has 2 aromatic heterocycles. The van der Waals surface area contributed by atoms with Crippen LogP contribution >= 0.6 is 0 Å². The maximum atomic E-state index is 5.39. The predicted molar refractivity (Wildman–Crippen MR) is 234 cm³/mol. The van der Waals surface area contributed by atoms with E-state index in [2.05, 4.69) is 176 Å². The molecule has 2 heterocycles. The van der Waals surface area contributed by atoms with Crippen molar-refractivity contribution in [1.29, 1.82) is 0 Å². The van der Waals surface area contributed by atoms with Gasteiger partial charge in [-0.05, 0) is 45.5 Å². The van der Waals surface area contributed by atoms with E-state index in [1.54, 1.807) is 0 Å². The highest BCUT2D eigenvalue weighted by molar-refractivity contribution is 6.19. The molecule has 0 aliphatic heterocycles. The summed E-state index contributed by atoms with van der Waals surface area (Å²) in [6.45, 7) is 0. The molecule has 0 N–H and O–H groups in total. The zero-order valence-corrected chi connectivity index (χ0v) is 31.0. The fraction of sp³-hybridized carbons (Fsp3) is 0.0185. The van der Waals surface area contributed by atoms with Crippen LogP contribution in [-0.2, 0) is 5.41 Å². The van der Waals surface area contributed by atoms with Crippen molar-refractivity contribution in [2.75, 3.05) is 0 Å². The Hall–Kier alpha value is -7.49. The number of para-hydroxylation sites is 1. The number of nitrogens with zero attached hydrogens (tertiary/aromatic N) is 3. The lowest BCUT2D eigenvalue weighted by Crippen LogP contribution is -2.28. The van der Waals surface area contributed by atoms with E-state index < -0.39 is 5.41 Å². The largest absolute Gasteiger partial charge is 0.247 e. The van der Waals surface area contributed by atoms with Crippen LogP contribution in [-0.4, -0.2) is 15.0 Å². The van der Waals surface area contributed by atoms with Crippen molar-refractivity contribution in [3.05, 3.63) is 235 Å². The smallest absolute Gasteiger partial charge is 0.160 e. The second-order valence-electron chi connectivity index (χ2n) is 14.7. The van der Waals surface area contributed by atoms with Gasteiger partial charge in [0.15, 0.2) is 5.82 Å². The molecule has 0 atom stereocenters. The average molecular weight is 726 g/mol. The van der Waals surface area contributed by atoms with Gasteiger partial charge in [0.1, 0.15) is 0 Å². The van der Waals surface area contributed by atoms with Crippen LogP contribution in [0.1, 0.15) is 22.3 Å². The van der Waals surface area contributed by atoms with Gasteiger partial charge in [-0.3, -0.25) is 0 Å². The average Bonchev–Trinajstić information content (AvgIpc) is 3.61. The summed E-state index contributed by atoms with van der Waals surface area (Å²) < 4.78 is 0. The summed E-state index contributed by atoms with van der Waals surface area (Å²) in [4.78, 5) is 15.5. The van der Waals surface area contributed by atoms with Gasteiger partial charge in [0.05, 0.1) is 28.0 Å². The molecule has 0 saturated heterocycles. The number of pyridine rings is 1. The summed E-state index contributed by atoms with van der Waals surface area (Å²) in [5.41, 5.74) is 15.0. The Kier molecular flexibility index (Phi) is 7.71. The molecule has 1 aliphatic rings. The van der Waals surface area contributed by atoms with Gasteiger partial charge in [0, 0.05) is 38.4 Å². The van der Waals surface area contributed by atoms with Gasteiger partial charge in [-0.1, -0.05) is 200 Å². The molecule has 0 unspecified atom stereocenters. The molecular formula is C54H35N3. The number of aromatic nitrogens is 3. The van der Waals surface area contributed by atoms with Crippen LogP contribution in [0.3, 0.4) is 0 Å². The van der Waals surface area contributed by atoms with Crippen molar-refractivity contribution in [1.82, 2.24) is 15.0 Å². The summed E-state index contributed by atoms with van der Waals surface area (Å²) in [6, 6.07) is 75.6. The van der Waals surface area contributed by atoms with Crippen molar-refractivity contribution in [3.63, 3.8) is 0 Å². The summed E-state index contributed by atoms with van der Waals surface area (Å²) in [5, 5.41) is 3.51.